The second-order valence-corrected chi connectivity index (χ2v) is 6.21. The second kappa shape index (κ2) is 5.58. The topological polar surface area (TPSA) is 35.2 Å². The third-order valence-electron chi connectivity index (χ3n) is 3.43. The lowest BCUT2D eigenvalue weighted by atomic mass is 9.84. The molecule has 0 aliphatic heterocycles. The predicted molar refractivity (Wildman–Crippen MR) is 85.4 cm³/mol. The molecule has 0 bridgehead atoms. The van der Waals surface area contributed by atoms with E-state index in [1.165, 1.54) is 16.7 Å². The van der Waals surface area contributed by atoms with Crippen molar-refractivity contribution in [1.29, 1.82) is 0 Å². The maximum atomic E-state index is 5.84. The first-order valence-electron chi connectivity index (χ1n) is 6.92. The molecule has 0 amide bonds. The highest BCUT2D eigenvalue weighted by atomic mass is 16.5. The van der Waals surface area contributed by atoms with Crippen molar-refractivity contribution in [1.82, 2.24) is 0 Å². The minimum Gasteiger partial charge on any atom is -0.496 e. The van der Waals surface area contributed by atoms with E-state index in [9.17, 15) is 0 Å². The van der Waals surface area contributed by atoms with Crippen molar-refractivity contribution < 1.29 is 4.74 Å². The summed E-state index contributed by atoms with van der Waals surface area (Å²) in [4.78, 5) is 0. The summed E-state index contributed by atoms with van der Waals surface area (Å²) in [7, 11) is 1.72. The minimum absolute atomic E-state index is 0.0665. The lowest BCUT2D eigenvalue weighted by Gasteiger charge is -2.23. The van der Waals surface area contributed by atoms with Gasteiger partial charge in [-0.3, -0.25) is 0 Å². The number of ether oxygens (including phenoxy) is 1. The molecule has 20 heavy (non-hydrogen) atoms. The van der Waals surface area contributed by atoms with Crippen LogP contribution in [0.15, 0.2) is 42.5 Å². The number of rotatable bonds is 3. The Balaban J connectivity index is 2.34. The summed E-state index contributed by atoms with van der Waals surface area (Å²) in [6.07, 6.45) is 0.887. The van der Waals surface area contributed by atoms with Crippen LogP contribution in [0.2, 0.25) is 0 Å². The molecule has 0 aromatic heterocycles. The molecule has 0 unspecified atom stereocenters. The normalized spacial score (nSPS) is 11.4. The molecular formula is C18H23NO. The van der Waals surface area contributed by atoms with Gasteiger partial charge in [0.25, 0.3) is 0 Å². The van der Waals surface area contributed by atoms with E-state index < -0.39 is 0 Å². The van der Waals surface area contributed by atoms with Crippen LogP contribution < -0.4 is 10.5 Å². The third-order valence-corrected chi connectivity index (χ3v) is 3.43. The Morgan fingerprint density at radius 1 is 1.00 bits per heavy atom. The monoisotopic (exact) mass is 269 g/mol. The largest absolute Gasteiger partial charge is 0.496 e. The summed E-state index contributed by atoms with van der Waals surface area (Å²) >= 11 is 0. The van der Waals surface area contributed by atoms with Crippen LogP contribution in [-0.2, 0) is 11.8 Å². The molecule has 2 nitrogen and oxygen atoms in total. The zero-order valence-electron chi connectivity index (χ0n) is 12.7. The van der Waals surface area contributed by atoms with Gasteiger partial charge < -0.3 is 10.5 Å². The number of hydrogen-bond acceptors (Lipinski definition) is 2. The van der Waals surface area contributed by atoms with E-state index in [4.69, 9.17) is 10.5 Å². The Bertz CT molecular complexity index is 597. The van der Waals surface area contributed by atoms with Crippen molar-refractivity contribution >= 4 is 5.69 Å². The van der Waals surface area contributed by atoms with Gasteiger partial charge in [-0.1, -0.05) is 45.0 Å². The highest BCUT2D eigenvalue weighted by Gasteiger charge is 2.19. The van der Waals surface area contributed by atoms with Crippen LogP contribution in [-0.4, -0.2) is 7.11 Å². The molecule has 106 valence electrons. The summed E-state index contributed by atoms with van der Waals surface area (Å²) in [6, 6.07) is 14.5. The Morgan fingerprint density at radius 3 is 2.30 bits per heavy atom. The smallest absolute Gasteiger partial charge is 0.122 e. The van der Waals surface area contributed by atoms with Crippen molar-refractivity contribution in [3.8, 4) is 5.75 Å². The standard InChI is InChI=1S/C18H23NO/c1-18(2,3)16-12-14(8-9-17(16)20-4)10-13-6-5-7-15(19)11-13/h5-9,11-12H,10,19H2,1-4H3. The lowest BCUT2D eigenvalue weighted by molar-refractivity contribution is 0.397. The van der Waals surface area contributed by atoms with Gasteiger partial charge in [0.05, 0.1) is 7.11 Å². The summed E-state index contributed by atoms with van der Waals surface area (Å²) in [5.74, 6) is 0.953. The van der Waals surface area contributed by atoms with Gasteiger partial charge in [0, 0.05) is 5.69 Å². The average molecular weight is 269 g/mol. The molecule has 2 heteroatoms. The van der Waals surface area contributed by atoms with Crippen molar-refractivity contribution in [3.63, 3.8) is 0 Å². The zero-order chi connectivity index (χ0) is 14.8. The SMILES string of the molecule is COc1ccc(Cc2cccc(N)c2)cc1C(C)(C)C. The van der Waals surface area contributed by atoms with Crippen LogP contribution in [0.5, 0.6) is 5.75 Å². The summed E-state index contributed by atoms with van der Waals surface area (Å²) in [5.41, 5.74) is 10.5. The van der Waals surface area contributed by atoms with Crippen LogP contribution >= 0.6 is 0 Å². The maximum absolute atomic E-state index is 5.84. The van der Waals surface area contributed by atoms with Gasteiger partial charge in [-0.25, -0.2) is 0 Å². The summed E-state index contributed by atoms with van der Waals surface area (Å²) in [6.45, 7) is 6.61. The molecule has 0 atom stereocenters. The van der Waals surface area contributed by atoms with E-state index in [-0.39, 0.29) is 5.41 Å². The van der Waals surface area contributed by atoms with Gasteiger partial charge in [-0.15, -0.1) is 0 Å². The molecule has 2 N–H and O–H groups in total. The van der Waals surface area contributed by atoms with Gasteiger partial charge >= 0.3 is 0 Å². The molecule has 0 fully saturated rings. The predicted octanol–water partition coefficient (Wildman–Crippen LogP) is 4.17. The first-order chi connectivity index (χ1) is 9.40. The number of hydrogen-bond donors (Lipinski definition) is 1. The fourth-order valence-electron chi connectivity index (χ4n) is 2.39. The molecule has 2 aromatic carbocycles. The van der Waals surface area contributed by atoms with Crippen molar-refractivity contribution in [2.45, 2.75) is 32.6 Å². The second-order valence-electron chi connectivity index (χ2n) is 6.21. The molecule has 0 aliphatic rings. The molecule has 0 radical (unpaired) electrons. The van der Waals surface area contributed by atoms with E-state index >= 15 is 0 Å². The van der Waals surface area contributed by atoms with E-state index in [0.29, 0.717) is 0 Å². The number of anilines is 1. The first-order valence-corrected chi connectivity index (χ1v) is 6.92. The average Bonchev–Trinajstić information content (AvgIpc) is 2.37. The summed E-state index contributed by atoms with van der Waals surface area (Å²) < 4.78 is 5.48. The van der Waals surface area contributed by atoms with Crippen LogP contribution in [0.3, 0.4) is 0 Å². The van der Waals surface area contributed by atoms with Crippen LogP contribution in [0.4, 0.5) is 5.69 Å². The summed E-state index contributed by atoms with van der Waals surface area (Å²) in [5, 5.41) is 0. The van der Waals surface area contributed by atoms with Crippen LogP contribution in [0, 0.1) is 0 Å². The molecule has 0 saturated heterocycles. The van der Waals surface area contributed by atoms with Crippen molar-refractivity contribution in [2.75, 3.05) is 12.8 Å². The van der Waals surface area contributed by atoms with E-state index in [1.807, 2.05) is 18.2 Å². The Morgan fingerprint density at radius 2 is 1.70 bits per heavy atom. The fourth-order valence-corrected chi connectivity index (χ4v) is 2.39. The quantitative estimate of drug-likeness (QED) is 0.849. The van der Waals surface area contributed by atoms with E-state index in [1.54, 1.807) is 7.11 Å². The molecule has 2 aromatic rings. The number of nitrogens with two attached hydrogens (primary N) is 1. The lowest BCUT2D eigenvalue weighted by Crippen LogP contribution is -2.13. The number of benzene rings is 2. The van der Waals surface area contributed by atoms with Crippen LogP contribution in [0.25, 0.3) is 0 Å². The molecular weight excluding hydrogens is 246 g/mol. The minimum atomic E-state index is 0.0665. The Kier molecular flexibility index (Phi) is 4.03. The molecule has 0 aliphatic carbocycles. The molecule has 0 saturated carbocycles. The maximum Gasteiger partial charge on any atom is 0.122 e. The van der Waals surface area contributed by atoms with E-state index in [2.05, 4.69) is 45.0 Å². The van der Waals surface area contributed by atoms with Gasteiger partial charge in [-0.2, -0.15) is 0 Å². The Labute approximate surface area is 121 Å². The first kappa shape index (κ1) is 14.4. The zero-order valence-corrected chi connectivity index (χ0v) is 12.7. The molecule has 2 rings (SSSR count). The van der Waals surface area contributed by atoms with Gasteiger partial charge in [0.15, 0.2) is 0 Å². The van der Waals surface area contributed by atoms with E-state index in [0.717, 1.165) is 17.9 Å². The molecule has 0 spiro atoms. The van der Waals surface area contributed by atoms with Gasteiger partial charge in [0.1, 0.15) is 5.75 Å². The highest BCUT2D eigenvalue weighted by molar-refractivity contribution is 5.45. The third kappa shape index (κ3) is 3.32. The highest BCUT2D eigenvalue weighted by Crippen LogP contribution is 2.32. The fraction of sp³-hybridized carbons (Fsp3) is 0.333. The Hall–Kier alpha value is -1.96. The van der Waals surface area contributed by atoms with Gasteiger partial charge in [-0.05, 0) is 46.7 Å². The van der Waals surface area contributed by atoms with Gasteiger partial charge in [0.2, 0.25) is 0 Å². The van der Waals surface area contributed by atoms with Crippen LogP contribution in [0.1, 0.15) is 37.5 Å². The van der Waals surface area contributed by atoms with Crippen molar-refractivity contribution in [3.05, 3.63) is 59.2 Å². The number of nitrogen functional groups attached to an aromatic ring is 1. The molecule has 0 heterocycles. The van der Waals surface area contributed by atoms with Crippen molar-refractivity contribution in [2.24, 2.45) is 0 Å². The number of methoxy groups -OCH3 is 1.